The Morgan fingerprint density at radius 1 is 0.364 bits per heavy atom. The zero-order valence-electron chi connectivity index (χ0n) is 29.7. The lowest BCUT2D eigenvalue weighted by atomic mass is 9.90. The zero-order valence-corrected chi connectivity index (χ0v) is 29.7. The van der Waals surface area contributed by atoms with Crippen LogP contribution in [-0.2, 0) is 0 Å². The highest BCUT2D eigenvalue weighted by Gasteiger charge is 2.20. The van der Waals surface area contributed by atoms with Crippen molar-refractivity contribution in [3.63, 3.8) is 0 Å². The van der Waals surface area contributed by atoms with Crippen LogP contribution in [0.2, 0.25) is 0 Å². The third-order valence-electron chi connectivity index (χ3n) is 10.6. The fourth-order valence-corrected chi connectivity index (χ4v) is 8.06. The monoisotopic (exact) mass is 704 g/mol. The first-order chi connectivity index (χ1) is 27.3. The fourth-order valence-electron chi connectivity index (χ4n) is 8.06. The van der Waals surface area contributed by atoms with Gasteiger partial charge in [0.25, 0.3) is 0 Å². The van der Waals surface area contributed by atoms with Crippen molar-refractivity contribution in [2.75, 3.05) is 0 Å². The molecule has 0 unspecified atom stereocenters. The summed E-state index contributed by atoms with van der Waals surface area (Å²) in [6, 6.07) is 67.8. The molecule has 0 saturated heterocycles. The Bertz CT molecular complexity index is 3170. The van der Waals surface area contributed by atoms with Gasteiger partial charge in [-0.2, -0.15) is 0 Å². The Morgan fingerprint density at radius 2 is 0.836 bits per heavy atom. The van der Waals surface area contributed by atoms with Gasteiger partial charge in [-0.05, 0) is 77.4 Å². The van der Waals surface area contributed by atoms with Crippen molar-refractivity contribution in [3.05, 3.63) is 194 Å². The maximum atomic E-state index is 6.43. The molecule has 0 atom stereocenters. The van der Waals surface area contributed by atoms with Gasteiger partial charge in [-0.15, -0.1) is 0 Å². The molecule has 0 bridgehead atoms. The van der Waals surface area contributed by atoms with Crippen molar-refractivity contribution < 1.29 is 4.42 Å². The van der Waals surface area contributed by atoms with E-state index in [0.717, 1.165) is 100 Å². The van der Waals surface area contributed by atoms with Crippen LogP contribution < -0.4 is 0 Å². The summed E-state index contributed by atoms with van der Waals surface area (Å²) in [6.45, 7) is 0. The van der Waals surface area contributed by atoms with Crippen molar-refractivity contribution in [2.45, 2.75) is 0 Å². The molecule has 0 aliphatic rings. The highest BCUT2D eigenvalue weighted by molar-refractivity contribution is 6.16. The van der Waals surface area contributed by atoms with E-state index in [4.69, 9.17) is 14.4 Å². The van der Waals surface area contributed by atoms with Gasteiger partial charge in [-0.3, -0.25) is 9.13 Å². The van der Waals surface area contributed by atoms with Crippen LogP contribution in [0.4, 0.5) is 0 Å². The topological polar surface area (TPSA) is 48.8 Å². The minimum atomic E-state index is 0.864. The van der Waals surface area contributed by atoms with Gasteiger partial charge in [-0.25, -0.2) is 9.97 Å². The van der Waals surface area contributed by atoms with Crippen LogP contribution in [0.5, 0.6) is 0 Å². The summed E-state index contributed by atoms with van der Waals surface area (Å²) >= 11 is 0. The summed E-state index contributed by atoms with van der Waals surface area (Å²) in [5.74, 6) is 1.82. The molecular formula is C50H32N4O. The summed E-state index contributed by atoms with van der Waals surface area (Å²) < 4.78 is 10.9. The van der Waals surface area contributed by atoms with Crippen LogP contribution in [0.25, 0.3) is 100 Å². The van der Waals surface area contributed by atoms with Crippen molar-refractivity contribution in [3.8, 4) is 56.4 Å². The van der Waals surface area contributed by atoms with Crippen LogP contribution in [0, 0.1) is 0 Å². The van der Waals surface area contributed by atoms with E-state index in [1.54, 1.807) is 0 Å². The summed E-state index contributed by atoms with van der Waals surface area (Å²) in [4.78, 5) is 10.2. The minimum absolute atomic E-state index is 0.864. The lowest BCUT2D eigenvalue weighted by Gasteiger charge is -2.14. The molecule has 0 aliphatic carbocycles. The number of aromatic nitrogens is 4. The van der Waals surface area contributed by atoms with E-state index in [9.17, 15) is 0 Å². The van der Waals surface area contributed by atoms with E-state index >= 15 is 0 Å². The molecule has 0 saturated carbocycles. The van der Waals surface area contributed by atoms with Gasteiger partial charge < -0.3 is 4.42 Å². The SMILES string of the molecule is c1ccc(-n2c(-c3ccc(-c4ccc5oc6ccccc6c5c4-c4ccc(-c5nc6ccccc6n5-c5ccccc5)cc4)cc3)nc3ccccc32)cc1. The number of imidazole rings is 2. The Hall–Kier alpha value is -7.50. The second kappa shape index (κ2) is 12.6. The molecule has 0 amide bonds. The van der Waals surface area contributed by atoms with Crippen molar-refractivity contribution in [1.82, 2.24) is 19.1 Å². The summed E-state index contributed by atoms with van der Waals surface area (Å²) in [6.07, 6.45) is 0. The molecule has 258 valence electrons. The number of benzene rings is 8. The number of rotatable bonds is 6. The number of fused-ring (bicyclic) bond motifs is 5. The van der Waals surface area contributed by atoms with Gasteiger partial charge in [0, 0.05) is 38.8 Å². The second-order valence-electron chi connectivity index (χ2n) is 13.8. The molecule has 8 aromatic carbocycles. The molecule has 0 aliphatic heterocycles. The lowest BCUT2D eigenvalue weighted by molar-refractivity contribution is 0.669. The van der Waals surface area contributed by atoms with E-state index in [2.05, 4.69) is 167 Å². The van der Waals surface area contributed by atoms with Gasteiger partial charge in [0.05, 0.1) is 22.1 Å². The summed E-state index contributed by atoms with van der Waals surface area (Å²) in [5.41, 5.74) is 14.6. The Balaban J connectivity index is 1.06. The summed E-state index contributed by atoms with van der Waals surface area (Å²) in [5, 5.41) is 2.20. The highest BCUT2D eigenvalue weighted by Crippen LogP contribution is 2.44. The molecular weight excluding hydrogens is 673 g/mol. The first-order valence-corrected chi connectivity index (χ1v) is 18.5. The molecule has 0 spiro atoms. The molecule has 3 heterocycles. The van der Waals surface area contributed by atoms with Crippen LogP contribution in [0.3, 0.4) is 0 Å². The third kappa shape index (κ3) is 5.09. The minimum Gasteiger partial charge on any atom is -0.456 e. The van der Waals surface area contributed by atoms with E-state index in [-0.39, 0.29) is 0 Å². The Labute approximate surface area is 317 Å². The standard InChI is InChI=1S/C50H32N4O/c1-3-13-37(14-4-1)53-43-20-10-8-18-41(43)51-49(53)35-27-23-33(24-28-35)39-31-32-46-48(40-17-7-12-22-45(40)55-46)47(39)34-25-29-36(30-26-34)50-52-42-19-9-11-21-44(42)54(50)38-15-5-2-6-16-38/h1-32H. The maximum Gasteiger partial charge on any atom is 0.145 e. The highest BCUT2D eigenvalue weighted by atomic mass is 16.3. The van der Waals surface area contributed by atoms with E-state index in [0.29, 0.717) is 0 Å². The number of furan rings is 1. The van der Waals surface area contributed by atoms with Gasteiger partial charge in [0.15, 0.2) is 0 Å². The quantitative estimate of drug-likeness (QED) is 0.173. The average Bonchev–Trinajstić information content (AvgIpc) is 3.96. The molecule has 0 radical (unpaired) electrons. The average molecular weight is 705 g/mol. The third-order valence-corrected chi connectivity index (χ3v) is 10.6. The van der Waals surface area contributed by atoms with Gasteiger partial charge in [-0.1, -0.05) is 133 Å². The number of hydrogen-bond acceptors (Lipinski definition) is 3. The molecule has 11 aromatic rings. The first-order valence-electron chi connectivity index (χ1n) is 18.5. The Morgan fingerprint density at radius 3 is 1.42 bits per heavy atom. The van der Waals surface area contributed by atoms with Gasteiger partial charge in [0.2, 0.25) is 0 Å². The van der Waals surface area contributed by atoms with Crippen LogP contribution in [0.15, 0.2) is 199 Å². The predicted octanol–water partition coefficient (Wildman–Crippen LogP) is 12.9. The smallest absolute Gasteiger partial charge is 0.145 e. The number of nitrogens with zero attached hydrogens (tertiary/aromatic N) is 4. The Kier molecular flexibility index (Phi) is 7.10. The molecule has 0 N–H and O–H groups in total. The van der Waals surface area contributed by atoms with Crippen molar-refractivity contribution in [2.24, 2.45) is 0 Å². The van der Waals surface area contributed by atoms with E-state index in [1.165, 1.54) is 0 Å². The summed E-state index contributed by atoms with van der Waals surface area (Å²) in [7, 11) is 0. The van der Waals surface area contributed by atoms with E-state index < -0.39 is 0 Å². The molecule has 11 rings (SSSR count). The van der Waals surface area contributed by atoms with Crippen LogP contribution in [-0.4, -0.2) is 19.1 Å². The molecule has 0 fully saturated rings. The molecule has 55 heavy (non-hydrogen) atoms. The normalized spacial score (nSPS) is 11.6. The van der Waals surface area contributed by atoms with Crippen LogP contribution in [0.1, 0.15) is 0 Å². The number of hydrogen-bond donors (Lipinski definition) is 0. The maximum absolute atomic E-state index is 6.43. The van der Waals surface area contributed by atoms with Gasteiger partial charge >= 0.3 is 0 Å². The lowest BCUT2D eigenvalue weighted by Crippen LogP contribution is -1.97. The van der Waals surface area contributed by atoms with Crippen LogP contribution >= 0.6 is 0 Å². The van der Waals surface area contributed by atoms with Crippen molar-refractivity contribution >= 4 is 44.0 Å². The van der Waals surface area contributed by atoms with Crippen molar-refractivity contribution in [1.29, 1.82) is 0 Å². The largest absolute Gasteiger partial charge is 0.456 e. The first kappa shape index (κ1) is 31.1. The van der Waals surface area contributed by atoms with E-state index in [1.807, 2.05) is 36.4 Å². The second-order valence-corrected chi connectivity index (χ2v) is 13.8. The zero-order chi connectivity index (χ0) is 36.3. The fraction of sp³-hybridized carbons (Fsp3) is 0. The molecule has 3 aromatic heterocycles. The number of para-hydroxylation sites is 7. The molecule has 5 heteroatoms. The molecule has 5 nitrogen and oxygen atoms in total. The van der Waals surface area contributed by atoms with Gasteiger partial charge in [0.1, 0.15) is 22.8 Å². The predicted molar refractivity (Wildman–Crippen MR) is 225 cm³/mol.